The van der Waals surface area contributed by atoms with E-state index in [1.54, 1.807) is 0 Å². The molecule has 0 aliphatic heterocycles. The summed E-state index contributed by atoms with van der Waals surface area (Å²) < 4.78 is 0. The largest absolute Gasteiger partial charge is 0.0616 e. The molecule has 44 heavy (non-hydrogen) atoms. The van der Waals surface area contributed by atoms with Crippen molar-refractivity contribution in [2.45, 2.75) is 0 Å². The zero-order valence-electron chi connectivity index (χ0n) is 24.0. The second-order valence-corrected chi connectivity index (χ2v) is 12.1. The Kier molecular flexibility index (Phi) is 4.81. The number of hydrogen-bond acceptors (Lipinski definition) is 0. The summed E-state index contributed by atoms with van der Waals surface area (Å²) in [6, 6.07) is 58.6. The minimum absolute atomic E-state index is 1.23. The van der Waals surface area contributed by atoms with Gasteiger partial charge in [-0.15, -0.1) is 0 Å². The molecule has 0 saturated heterocycles. The Bertz CT molecular complexity index is 2680. The number of rotatable bonds is 3. The van der Waals surface area contributed by atoms with Crippen molar-refractivity contribution in [2.75, 3.05) is 0 Å². The fourth-order valence-electron chi connectivity index (χ4n) is 7.78. The summed E-state index contributed by atoms with van der Waals surface area (Å²) in [5, 5.41) is 15.8. The predicted octanol–water partition coefficient (Wildman–Crippen LogP) is 12.5. The normalized spacial score (nSPS) is 12.1. The second kappa shape index (κ2) is 8.89. The van der Waals surface area contributed by atoms with E-state index in [1.807, 2.05) is 0 Å². The molecular weight excluding hydrogens is 528 g/mol. The van der Waals surface area contributed by atoms with Crippen molar-refractivity contribution in [3.05, 3.63) is 158 Å². The van der Waals surface area contributed by atoms with Crippen LogP contribution in [0.5, 0.6) is 0 Å². The molecule has 10 aromatic rings. The van der Waals surface area contributed by atoms with Crippen LogP contribution < -0.4 is 0 Å². The molecule has 0 saturated carbocycles. The van der Waals surface area contributed by atoms with E-state index in [4.69, 9.17) is 0 Å². The first-order valence-electron chi connectivity index (χ1n) is 15.4. The number of benzene rings is 10. The van der Waals surface area contributed by atoms with Gasteiger partial charge in [0.25, 0.3) is 0 Å². The van der Waals surface area contributed by atoms with Gasteiger partial charge in [-0.05, 0) is 104 Å². The van der Waals surface area contributed by atoms with E-state index in [2.05, 4.69) is 158 Å². The topological polar surface area (TPSA) is 0 Å². The standard InChI is InChI=1S/C44H26/c1-2-13-37(38-23-19-32-17-15-28-7-4-9-30-21-25-40(38)44(32)42(28)30)35(12-1)33-10-5-11-34(26-33)36-22-18-31-16-14-27-6-3-8-29-20-24-39(36)43(31)41(27)29/h1-26H. The van der Waals surface area contributed by atoms with Crippen LogP contribution in [0.2, 0.25) is 0 Å². The van der Waals surface area contributed by atoms with Crippen molar-refractivity contribution in [2.24, 2.45) is 0 Å². The Morgan fingerprint density at radius 2 is 0.636 bits per heavy atom. The lowest BCUT2D eigenvalue weighted by molar-refractivity contribution is 1.59. The zero-order valence-corrected chi connectivity index (χ0v) is 24.0. The second-order valence-electron chi connectivity index (χ2n) is 12.1. The maximum absolute atomic E-state index is 2.38. The number of hydrogen-bond donors (Lipinski definition) is 0. The van der Waals surface area contributed by atoms with E-state index in [-0.39, 0.29) is 0 Å². The summed E-state index contributed by atoms with van der Waals surface area (Å²) in [7, 11) is 0. The van der Waals surface area contributed by atoms with Crippen LogP contribution in [0.4, 0.5) is 0 Å². The van der Waals surface area contributed by atoms with Gasteiger partial charge >= 0.3 is 0 Å². The smallest absolute Gasteiger partial charge is 0.00206 e. The van der Waals surface area contributed by atoms with Gasteiger partial charge in [-0.3, -0.25) is 0 Å². The fourth-order valence-corrected chi connectivity index (χ4v) is 7.78. The maximum Gasteiger partial charge on any atom is -0.00206 e. The summed E-state index contributed by atoms with van der Waals surface area (Å²) in [4.78, 5) is 0. The SMILES string of the molecule is c1cc(-c2ccccc2-c2ccc3ccc4cccc5ccc2c3c45)cc(-c2ccc3ccc4cccc5ccc2c3c45)c1. The average Bonchev–Trinajstić information content (AvgIpc) is 3.09. The van der Waals surface area contributed by atoms with Crippen molar-refractivity contribution in [1.29, 1.82) is 0 Å². The highest BCUT2D eigenvalue weighted by Crippen LogP contribution is 2.43. The Morgan fingerprint density at radius 1 is 0.227 bits per heavy atom. The van der Waals surface area contributed by atoms with Crippen molar-refractivity contribution < 1.29 is 0 Å². The predicted molar refractivity (Wildman–Crippen MR) is 190 cm³/mol. The third-order valence-corrected chi connectivity index (χ3v) is 9.76. The molecule has 10 aromatic carbocycles. The van der Waals surface area contributed by atoms with E-state index in [0.717, 1.165) is 0 Å². The quantitative estimate of drug-likeness (QED) is 0.191. The van der Waals surface area contributed by atoms with Crippen LogP contribution in [0.25, 0.3) is 98.0 Å². The molecule has 0 N–H and O–H groups in total. The molecular formula is C44H26. The third kappa shape index (κ3) is 3.28. The monoisotopic (exact) mass is 554 g/mol. The van der Waals surface area contributed by atoms with Gasteiger partial charge in [0.15, 0.2) is 0 Å². The Morgan fingerprint density at radius 3 is 1.23 bits per heavy atom. The van der Waals surface area contributed by atoms with Gasteiger partial charge in [0.2, 0.25) is 0 Å². The molecule has 0 fully saturated rings. The Balaban J connectivity index is 1.18. The van der Waals surface area contributed by atoms with Gasteiger partial charge in [0, 0.05) is 0 Å². The van der Waals surface area contributed by atoms with Crippen molar-refractivity contribution in [3.8, 4) is 33.4 Å². The first-order chi connectivity index (χ1) is 21.8. The molecule has 0 amide bonds. The summed E-state index contributed by atoms with van der Waals surface area (Å²) in [5.74, 6) is 0. The van der Waals surface area contributed by atoms with Crippen LogP contribution >= 0.6 is 0 Å². The van der Waals surface area contributed by atoms with Crippen LogP contribution in [-0.4, -0.2) is 0 Å². The molecule has 202 valence electrons. The van der Waals surface area contributed by atoms with Crippen molar-refractivity contribution in [1.82, 2.24) is 0 Å². The van der Waals surface area contributed by atoms with Crippen LogP contribution in [-0.2, 0) is 0 Å². The molecule has 0 aromatic heterocycles. The van der Waals surface area contributed by atoms with Gasteiger partial charge in [-0.1, -0.05) is 152 Å². The minimum Gasteiger partial charge on any atom is -0.0616 e. The Hall–Kier alpha value is -5.72. The van der Waals surface area contributed by atoms with Crippen LogP contribution in [0.15, 0.2) is 158 Å². The highest BCUT2D eigenvalue weighted by Gasteiger charge is 2.16. The van der Waals surface area contributed by atoms with Crippen molar-refractivity contribution >= 4 is 64.6 Å². The zero-order chi connectivity index (χ0) is 28.8. The molecule has 0 radical (unpaired) electrons. The van der Waals surface area contributed by atoms with E-state index in [0.29, 0.717) is 0 Å². The molecule has 0 atom stereocenters. The van der Waals surface area contributed by atoms with E-state index < -0.39 is 0 Å². The van der Waals surface area contributed by atoms with Crippen LogP contribution in [0, 0.1) is 0 Å². The summed E-state index contributed by atoms with van der Waals surface area (Å²) in [6.45, 7) is 0. The summed E-state index contributed by atoms with van der Waals surface area (Å²) >= 11 is 0. The highest BCUT2D eigenvalue weighted by atomic mass is 14.2. The molecule has 0 bridgehead atoms. The lowest BCUT2D eigenvalue weighted by Gasteiger charge is -2.17. The molecule has 0 aliphatic carbocycles. The first-order valence-corrected chi connectivity index (χ1v) is 15.4. The molecule has 10 rings (SSSR count). The lowest BCUT2D eigenvalue weighted by atomic mass is 9.86. The van der Waals surface area contributed by atoms with E-state index >= 15 is 0 Å². The minimum atomic E-state index is 1.23. The van der Waals surface area contributed by atoms with Crippen LogP contribution in [0.3, 0.4) is 0 Å². The third-order valence-electron chi connectivity index (χ3n) is 9.76. The molecule has 0 nitrogen and oxygen atoms in total. The van der Waals surface area contributed by atoms with Gasteiger partial charge < -0.3 is 0 Å². The average molecular weight is 555 g/mol. The first kappa shape index (κ1) is 23.8. The summed E-state index contributed by atoms with van der Waals surface area (Å²) in [6.07, 6.45) is 0. The molecule has 0 aliphatic rings. The van der Waals surface area contributed by atoms with Crippen molar-refractivity contribution in [3.63, 3.8) is 0 Å². The van der Waals surface area contributed by atoms with Gasteiger partial charge in [-0.2, -0.15) is 0 Å². The van der Waals surface area contributed by atoms with Gasteiger partial charge in [0.05, 0.1) is 0 Å². The maximum atomic E-state index is 2.38. The van der Waals surface area contributed by atoms with E-state index in [9.17, 15) is 0 Å². The van der Waals surface area contributed by atoms with Gasteiger partial charge in [-0.25, -0.2) is 0 Å². The summed E-state index contributed by atoms with van der Waals surface area (Å²) in [5.41, 5.74) is 7.54. The Labute approximate surface area is 255 Å². The van der Waals surface area contributed by atoms with E-state index in [1.165, 1.54) is 98.0 Å². The molecule has 0 unspecified atom stereocenters. The lowest BCUT2D eigenvalue weighted by Crippen LogP contribution is -1.90. The van der Waals surface area contributed by atoms with Gasteiger partial charge in [0.1, 0.15) is 0 Å². The molecule has 0 spiro atoms. The van der Waals surface area contributed by atoms with Crippen LogP contribution in [0.1, 0.15) is 0 Å². The highest BCUT2D eigenvalue weighted by molar-refractivity contribution is 6.27. The molecule has 0 heteroatoms. The molecule has 0 heterocycles. The fraction of sp³-hybridized carbons (Fsp3) is 0.